The number of unbranched alkanes of at least 4 members (excludes halogenated alkanes) is 38. The highest BCUT2D eigenvalue weighted by atomic mass is 16.6. The van der Waals surface area contributed by atoms with Gasteiger partial charge in [-0.2, -0.15) is 0 Å². The van der Waals surface area contributed by atoms with Gasteiger partial charge in [-0.1, -0.05) is 306 Å². The smallest absolute Gasteiger partial charge is 0.306 e. The highest BCUT2D eigenvalue weighted by Gasteiger charge is 2.19. The van der Waals surface area contributed by atoms with Crippen LogP contribution < -0.4 is 0 Å². The SMILES string of the molecule is CC/C=C\C/C=C\C/C=C\C/C=C\C/C=C\CCCCCCCC(=O)OC(COC(=O)CCCCCCCCCCCCCCC)COC(=O)CCCCCCCCCCCCCCC/C=C\CCCCCCCCCC. The molecule has 0 heterocycles. The van der Waals surface area contributed by atoms with E-state index in [4.69, 9.17) is 14.2 Å². The van der Waals surface area contributed by atoms with Crippen LogP contribution in [0.1, 0.15) is 342 Å². The maximum atomic E-state index is 12.9. The Balaban J connectivity index is 4.31. The molecule has 1 atom stereocenters. The minimum atomic E-state index is -0.785. The molecule has 0 amide bonds. The monoisotopic (exact) mass is 1070 g/mol. The molecule has 77 heavy (non-hydrogen) atoms. The summed E-state index contributed by atoms with van der Waals surface area (Å²) in [6.45, 7) is 6.56. The number of carbonyl (C=O) groups excluding carboxylic acids is 3. The molecule has 0 saturated heterocycles. The quantitative estimate of drug-likeness (QED) is 0.0261. The zero-order valence-electron chi connectivity index (χ0n) is 51.2. The van der Waals surface area contributed by atoms with Crippen LogP contribution in [0.2, 0.25) is 0 Å². The first kappa shape index (κ1) is 73.8. The molecule has 446 valence electrons. The summed E-state index contributed by atoms with van der Waals surface area (Å²) in [5.74, 6) is -0.881. The van der Waals surface area contributed by atoms with Crippen LogP contribution in [-0.2, 0) is 28.6 Å². The Labute approximate surface area is 478 Å². The van der Waals surface area contributed by atoms with E-state index in [0.29, 0.717) is 19.3 Å². The molecule has 0 aliphatic heterocycles. The highest BCUT2D eigenvalue weighted by Crippen LogP contribution is 2.17. The Morgan fingerprint density at radius 1 is 0.273 bits per heavy atom. The third-order valence-corrected chi connectivity index (χ3v) is 14.7. The van der Waals surface area contributed by atoms with Gasteiger partial charge < -0.3 is 14.2 Å². The largest absolute Gasteiger partial charge is 0.462 e. The van der Waals surface area contributed by atoms with E-state index in [1.165, 1.54) is 193 Å². The van der Waals surface area contributed by atoms with E-state index < -0.39 is 6.10 Å². The third kappa shape index (κ3) is 63.6. The fourth-order valence-corrected chi connectivity index (χ4v) is 9.70. The summed E-state index contributed by atoms with van der Waals surface area (Å²) in [6.07, 6.45) is 84.9. The molecule has 1 unspecified atom stereocenters. The average molecular weight is 1080 g/mol. The standard InChI is InChI=1S/C71H126O6/c1-4-7-10-13-16-19-22-25-27-29-31-33-34-35-36-38-39-41-43-46-49-52-55-58-61-64-70(73)76-67-68(66-75-69(72)63-60-57-54-51-48-45-24-21-18-15-12-9-6-3)77-71(74)65-62-59-56-53-50-47-44-42-40-37-32-30-28-26-23-20-17-14-11-8-5-2/h8,11,17,20,26,28-29,31-32,37,42,44,68H,4-7,9-10,12-16,18-19,21-25,27,30,33-36,38-41,43,45-67H2,1-3H3/b11-8-,20-17-,28-26-,31-29-,37-32-,44-42-. The summed E-state index contributed by atoms with van der Waals surface area (Å²) >= 11 is 0. The van der Waals surface area contributed by atoms with Crippen LogP contribution in [0, 0.1) is 0 Å². The van der Waals surface area contributed by atoms with Gasteiger partial charge in [-0.15, -0.1) is 0 Å². The van der Waals surface area contributed by atoms with E-state index in [0.717, 1.165) is 109 Å². The molecule has 0 saturated carbocycles. The first-order chi connectivity index (χ1) is 38.0. The number of allylic oxidation sites excluding steroid dienone is 12. The number of hydrogen-bond acceptors (Lipinski definition) is 6. The first-order valence-corrected chi connectivity index (χ1v) is 33.4. The molecule has 0 bridgehead atoms. The third-order valence-electron chi connectivity index (χ3n) is 14.7. The van der Waals surface area contributed by atoms with Crippen LogP contribution in [0.15, 0.2) is 72.9 Å². The average Bonchev–Trinajstić information content (AvgIpc) is 3.43. The van der Waals surface area contributed by atoms with Crippen molar-refractivity contribution in [1.82, 2.24) is 0 Å². The summed E-state index contributed by atoms with van der Waals surface area (Å²) < 4.78 is 16.9. The summed E-state index contributed by atoms with van der Waals surface area (Å²) in [4.78, 5) is 38.3. The van der Waals surface area contributed by atoms with Gasteiger partial charge in [0, 0.05) is 19.3 Å². The summed E-state index contributed by atoms with van der Waals surface area (Å²) in [5.41, 5.74) is 0. The first-order valence-electron chi connectivity index (χ1n) is 33.4. The predicted molar refractivity (Wildman–Crippen MR) is 335 cm³/mol. The summed E-state index contributed by atoms with van der Waals surface area (Å²) in [7, 11) is 0. The molecule has 0 aliphatic rings. The van der Waals surface area contributed by atoms with Crippen molar-refractivity contribution in [2.24, 2.45) is 0 Å². The Hall–Kier alpha value is -3.15. The van der Waals surface area contributed by atoms with Crippen LogP contribution in [0.3, 0.4) is 0 Å². The molecule has 0 fully saturated rings. The molecule has 0 radical (unpaired) electrons. The molecular weight excluding hydrogens is 949 g/mol. The van der Waals surface area contributed by atoms with Crippen molar-refractivity contribution >= 4 is 17.9 Å². The Kier molecular flexibility index (Phi) is 62.7. The van der Waals surface area contributed by atoms with Crippen molar-refractivity contribution in [2.45, 2.75) is 348 Å². The van der Waals surface area contributed by atoms with Gasteiger partial charge in [-0.25, -0.2) is 0 Å². The summed E-state index contributed by atoms with van der Waals surface area (Å²) in [5, 5.41) is 0. The van der Waals surface area contributed by atoms with Crippen molar-refractivity contribution in [1.29, 1.82) is 0 Å². The van der Waals surface area contributed by atoms with E-state index in [-0.39, 0.29) is 31.1 Å². The minimum absolute atomic E-state index is 0.0799. The van der Waals surface area contributed by atoms with E-state index in [1.54, 1.807) is 0 Å². The lowest BCUT2D eigenvalue weighted by molar-refractivity contribution is -0.167. The van der Waals surface area contributed by atoms with E-state index >= 15 is 0 Å². The van der Waals surface area contributed by atoms with Crippen molar-refractivity contribution < 1.29 is 28.6 Å². The molecule has 0 aromatic rings. The van der Waals surface area contributed by atoms with Crippen LogP contribution in [0.5, 0.6) is 0 Å². The van der Waals surface area contributed by atoms with Crippen molar-refractivity contribution in [3.8, 4) is 0 Å². The van der Waals surface area contributed by atoms with Gasteiger partial charge in [0.15, 0.2) is 6.10 Å². The van der Waals surface area contributed by atoms with Crippen molar-refractivity contribution in [3.63, 3.8) is 0 Å². The molecule has 0 rings (SSSR count). The van der Waals surface area contributed by atoms with Crippen LogP contribution >= 0.6 is 0 Å². The van der Waals surface area contributed by atoms with E-state index in [9.17, 15) is 14.4 Å². The lowest BCUT2D eigenvalue weighted by Crippen LogP contribution is -2.30. The molecule has 0 spiro atoms. The fourth-order valence-electron chi connectivity index (χ4n) is 9.70. The molecule has 0 aliphatic carbocycles. The van der Waals surface area contributed by atoms with Crippen LogP contribution in [0.4, 0.5) is 0 Å². The van der Waals surface area contributed by atoms with Crippen molar-refractivity contribution in [2.75, 3.05) is 13.2 Å². The predicted octanol–water partition coefficient (Wildman–Crippen LogP) is 22.9. The second-order valence-electron chi connectivity index (χ2n) is 22.4. The van der Waals surface area contributed by atoms with Crippen LogP contribution in [0.25, 0.3) is 0 Å². The van der Waals surface area contributed by atoms with Gasteiger partial charge >= 0.3 is 17.9 Å². The normalized spacial score (nSPS) is 12.5. The van der Waals surface area contributed by atoms with E-state index in [1.807, 2.05) is 0 Å². The highest BCUT2D eigenvalue weighted by molar-refractivity contribution is 5.71. The molecule has 0 aromatic heterocycles. The van der Waals surface area contributed by atoms with Crippen LogP contribution in [-0.4, -0.2) is 37.2 Å². The topological polar surface area (TPSA) is 78.9 Å². The van der Waals surface area contributed by atoms with Gasteiger partial charge in [-0.3, -0.25) is 14.4 Å². The Morgan fingerprint density at radius 2 is 0.506 bits per heavy atom. The maximum Gasteiger partial charge on any atom is 0.306 e. The Morgan fingerprint density at radius 3 is 0.805 bits per heavy atom. The van der Waals surface area contributed by atoms with Crippen molar-refractivity contribution in [3.05, 3.63) is 72.9 Å². The minimum Gasteiger partial charge on any atom is -0.462 e. The second-order valence-corrected chi connectivity index (χ2v) is 22.4. The molecule has 0 aromatic carbocycles. The molecular formula is C71H126O6. The molecule has 6 nitrogen and oxygen atoms in total. The number of esters is 3. The van der Waals surface area contributed by atoms with Gasteiger partial charge in [0.1, 0.15) is 13.2 Å². The molecule has 0 N–H and O–H groups in total. The summed E-state index contributed by atoms with van der Waals surface area (Å²) in [6, 6.07) is 0. The number of rotatable bonds is 61. The van der Waals surface area contributed by atoms with E-state index in [2.05, 4.69) is 93.7 Å². The van der Waals surface area contributed by atoms with Gasteiger partial charge in [0.05, 0.1) is 0 Å². The lowest BCUT2D eigenvalue weighted by Gasteiger charge is -2.18. The number of hydrogen-bond donors (Lipinski definition) is 0. The zero-order chi connectivity index (χ0) is 55.7. The zero-order valence-corrected chi connectivity index (χ0v) is 51.2. The van der Waals surface area contributed by atoms with Gasteiger partial charge in [0.25, 0.3) is 0 Å². The second kappa shape index (κ2) is 65.4. The fraction of sp³-hybridized carbons (Fsp3) is 0.789. The number of carbonyl (C=O) groups is 3. The lowest BCUT2D eigenvalue weighted by atomic mass is 10.0. The van der Waals surface area contributed by atoms with Gasteiger partial charge in [0.2, 0.25) is 0 Å². The molecule has 6 heteroatoms. The Bertz CT molecular complexity index is 1420. The van der Waals surface area contributed by atoms with Gasteiger partial charge in [-0.05, 0) is 89.9 Å². The maximum absolute atomic E-state index is 12.9. The number of ether oxygens (including phenoxy) is 3.